The number of carbonyl (C=O) groups is 1. The largest absolute Gasteiger partial charge is 0.508 e. The predicted octanol–water partition coefficient (Wildman–Crippen LogP) is 15.3. The maximum Gasteiger partial charge on any atom is 0.228 e. The van der Waals surface area contributed by atoms with Gasteiger partial charge in [0, 0.05) is 130 Å². The number of amides is 1. The van der Waals surface area contributed by atoms with Crippen molar-refractivity contribution in [2.75, 3.05) is 161 Å². The number of nitrogens with zero attached hydrogens (tertiary/aromatic N) is 24. The fraction of sp³-hybridized carbons (Fsp3) is 0.259. The smallest absolute Gasteiger partial charge is 0.228 e. The number of nitrogens with one attached hydrogen (secondary N) is 3. The van der Waals surface area contributed by atoms with E-state index in [9.17, 15) is 29.6 Å². The van der Waals surface area contributed by atoms with Crippen LogP contribution < -0.4 is 29.8 Å². The van der Waals surface area contributed by atoms with Gasteiger partial charge < -0.3 is 102 Å². The molecule has 5 saturated heterocycles. The molecule has 9 aromatic carbocycles. The molecule has 7 N–H and O–H groups in total. The minimum Gasteiger partial charge on any atom is -0.508 e. The molecule has 16 heterocycles. The lowest BCUT2D eigenvalue weighted by atomic mass is 10.1. The molecule has 0 bridgehead atoms. The van der Waals surface area contributed by atoms with E-state index in [1.807, 2.05) is 101 Å². The van der Waals surface area contributed by atoms with Gasteiger partial charge in [0.25, 0.3) is 0 Å². The number of anilines is 6. The first-order valence-electron chi connectivity index (χ1n) is 48.7. The van der Waals surface area contributed by atoms with Crippen molar-refractivity contribution in [3.05, 3.63) is 273 Å². The summed E-state index contributed by atoms with van der Waals surface area (Å²) < 4.78 is 49.2. The van der Waals surface area contributed by atoms with Crippen molar-refractivity contribution in [1.29, 1.82) is 0 Å². The highest BCUT2D eigenvalue weighted by atomic mass is 19.1. The topological polar surface area (TPSA) is 417 Å². The Hall–Kier alpha value is -17.1. The third kappa shape index (κ3) is 21.4. The van der Waals surface area contributed by atoms with Crippen LogP contribution in [0.15, 0.2) is 250 Å². The van der Waals surface area contributed by atoms with Crippen molar-refractivity contribution >= 4 is 119 Å². The highest BCUT2D eigenvalue weighted by Crippen LogP contribution is 2.39. The second-order valence-electron chi connectivity index (χ2n) is 36.3. The molecule has 20 aromatic rings. The molecule has 6 aliphatic rings. The number of aromatic amines is 2. The van der Waals surface area contributed by atoms with Gasteiger partial charge in [-0.15, -0.1) is 0 Å². The van der Waals surface area contributed by atoms with Crippen LogP contribution in [-0.2, 0) is 54.7 Å². The van der Waals surface area contributed by atoms with Crippen molar-refractivity contribution in [2.24, 2.45) is 5.92 Å². The van der Waals surface area contributed by atoms with Gasteiger partial charge in [0.1, 0.15) is 84.9 Å². The molecule has 0 atom stereocenters. The van der Waals surface area contributed by atoms with E-state index in [1.165, 1.54) is 48.2 Å². The number of halogens is 1. The highest BCUT2D eigenvalue weighted by Gasteiger charge is 2.30. The van der Waals surface area contributed by atoms with Gasteiger partial charge in [-0.3, -0.25) is 4.79 Å². The second kappa shape index (κ2) is 42.6. The van der Waals surface area contributed by atoms with Gasteiger partial charge in [-0.05, 0) is 143 Å². The standard InChI is InChI=1S/C26H23N5O2.C24H21FN6O.C24H24N6O3.C19H21N5O2.C15H15N5O2/c32-22-7-3-6-21(15-22)23-24-25(29-26(28-23)30-10-12-33-13-11-30)31(17-27-24)16-18-8-9-19-4-1-2-5-20(19)14-18;25-19-3-1-2-16(12-19)14-31-15-27-22-21(18-4-5-20-17(13-18)6-7-26-20)28-24(29-23(22)31)30-8-10-32-11-9-30;1-16(31)26-19-6-2-4-17(12-19)14-30-15-25-22-21(18-5-3-7-20(32)13-18)27-24(28-23(22)30)29-8-10-33-11-9-29;25-15-3-1-2-14(10-15)16-17-18(24(12-20-17)11-13-4-5-13)22-19(21-16)23-6-8-26-9-7-23;21-11-3-1-2-10(8-11)12-13-14(17-9-16-13)19-15(18-12)20-4-6-22-7-5-20/h1-9,14-15,17,32H,10-13,16H2;1-7,12-13,15,26H,8-11,14H2;2-7,12-13,15,32H,8-11,14H2,1H3,(H,26,31);1-3,10,12-13,25H,4-9,11H2;1-3,8-9,21H,4-7H2,(H,16,17,18,19). The molecule has 0 radical (unpaired) electrons. The average Bonchev–Trinajstić information content (AvgIpc) is 1.65. The number of hydrogen-bond donors (Lipinski definition) is 7. The summed E-state index contributed by atoms with van der Waals surface area (Å²) in [5.74, 6) is 4.43. The lowest BCUT2D eigenvalue weighted by Gasteiger charge is -2.27. The van der Waals surface area contributed by atoms with Gasteiger partial charge in [0.15, 0.2) is 28.2 Å². The fourth-order valence-corrected chi connectivity index (χ4v) is 18.5. The number of phenolic OH excluding ortho intramolecular Hbond substituents is 4. The number of H-pyrrole nitrogens is 2. The number of morpholine rings is 5. The zero-order valence-electron chi connectivity index (χ0n) is 80.0. The van der Waals surface area contributed by atoms with Crippen molar-refractivity contribution in [3.63, 3.8) is 0 Å². The maximum absolute atomic E-state index is 13.7. The molecule has 11 aromatic heterocycles. The zero-order valence-corrected chi connectivity index (χ0v) is 80.0. The molecule has 1 saturated carbocycles. The van der Waals surface area contributed by atoms with Crippen LogP contribution in [0.25, 0.3) is 134 Å². The Bertz CT molecular complexity index is 8100. The number of phenols is 4. The van der Waals surface area contributed by atoms with E-state index in [0.717, 1.165) is 182 Å². The summed E-state index contributed by atoms with van der Waals surface area (Å²) in [5, 5.41) is 46.1. The number of imidazole rings is 5. The first-order chi connectivity index (χ1) is 71.6. The number of benzene rings is 9. The van der Waals surface area contributed by atoms with Gasteiger partial charge >= 0.3 is 0 Å². The normalized spacial score (nSPS) is 15.0. The molecule has 26 rings (SSSR count). The molecular weight excluding hydrogens is 1850 g/mol. The molecule has 6 fully saturated rings. The summed E-state index contributed by atoms with van der Waals surface area (Å²) in [7, 11) is 0. The average molecular weight is 1960 g/mol. The summed E-state index contributed by atoms with van der Waals surface area (Å²) >= 11 is 0. The van der Waals surface area contributed by atoms with E-state index < -0.39 is 0 Å². The lowest BCUT2D eigenvalue weighted by Crippen LogP contribution is -2.37. The van der Waals surface area contributed by atoms with Gasteiger partial charge in [0.05, 0.1) is 117 Å². The summed E-state index contributed by atoms with van der Waals surface area (Å²) in [6, 6.07) is 65.8. The van der Waals surface area contributed by atoms with Crippen LogP contribution in [0.2, 0.25) is 0 Å². The Morgan fingerprint density at radius 2 is 0.740 bits per heavy atom. The quantitative estimate of drug-likeness (QED) is 0.0395. The molecule has 0 unspecified atom stereocenters. The van der Waals surface area contributed by atoms with Gasteiger partial charge in [-0.25, -0.2) is 54.2 Å². The number of fused-ring (bicyclic) bond motifs is 7. The number of rotatable bonds is 19. The van der Waals surface area contributed by atoms with Crippen molar-refractivity contribution < 1.29 is 53.3 Å². The predicted molar refractivity (Wildman–Crippen MR) is 555 cm³/mol. The molecule has 0 spiro atoms. The Morgan fingerprint density at radius 1 is 0.356 bits per heavy atom. The summed E-state index contributed by atoms with van der Waals surface area (Å²) in [6.45, 7) is 18.1. The lowest BCUT2D eigenvalue weighted by molar-refractivity contribution is -0.114. The van der Waals surface area contributed by atoms with Crippen LogP contribution in [0.5, 0.6) is 23.0 Å². The summed E-state index contributed by atoms with van der Waals surface area (Å²) in [5.41, 5.74) is 20.1. The molecule has 1 amide bonds. The van der Waals surface area contributed by atoms with Gasteiger partial charge in [-0.2, -0.15) is 24.9 Å². The second-order valence-corrected chi connectivity index (χ2v) is 36.3. The first kappa shape index (κ1) is 93.9. The zero-order chi connectivity index (χ0) is 98.9. The maximum atomic E-state index is 13.7. The van der Waals surface area contributed by atoms with E-state index in [2.05, 4.69) is 144 Å². The number of ether oxygens (including phenoxy) is 5. The van der Waals surface area contributed by atoms with E-state index in [0.29, 0.717) is 151 Å². The van der Waals surface area contributed by atoms with Crippen LogP contribution >= 0.6 is 0 Å². The van der Waals surface area contributed by atoms with Crippen LogP contribution in [-0.4, -0.2) is 261 Å². The van der Waals surface area contributed by atoms with Crippen LogP contribution in [0.4, 0.5) is 39.8 Å². The molecular formula is C108H104FN27O10. The van der Waals surface area contributed by atoms with Crippen LogP contribution in [0.3, 0.4) is 0 Å². The molecule has 146 heavy (non-hydrogen) atoms. The molecule has 5 aliphatic heterocycles. The fourth-order valence-electron chi connectivity index (χ4n) is 18.5. The van der Waals surface area contributed by atoms with Crippen LogP contribution in [0.1, 0.15) is 36.5 Å². The SMILES string of the molecule is CC(=O)Nc1cccc(Cn2cnc3c(-c4cccc(O)c4)nc(N4CCOCC4)nc32)c1.Fc1cccc(Cn2cnc3c(-c4ccc5[nH]ccc5c4)nc(N4CCOCC4)nc32)c1.Oc1cccc(-c2nc(N3CCOCC3)nc3c2ncn3CC2CC2)c1.Oc1cccc(-c2nc(N3CCOCC3)nc3c2ncn3Cc2ccc3ccccc3c2)c1.Oc1cccc(-c2nc(N3CCOCC3)nc3nc[nH]c23)c1. The first-order valence-corrected chi connectivity index (χ1v) is 48.7. The Kier molecular flexibility index (Phi) is 27.4. The van der Waals surface area contributed by atoms with E-state index in [-0.39, 0.29) is 34.7 Å². The Labute approximate surface area is 835 Å². The molecule has 38 heteroatoms. The van der Waals surface area contributed by atoms with Crippen molar-refractivity contribution in [1.82, 2.24) is 103 Å². The monoisotopic (exact) mass is 1960 g/mol. The molecule has 738 valence electrons. The third-order valence-electron chi connectivity index (χ3n) is 26.0. The number of hydrogen-bond acceptors (Lipinski definition) is 30. The number of carbonyl (C=O) groups excluding carboxylic acids is 1. The van der Waals surface area contributed by atoms with Gasteiger partial charge in [0.2, 0.25) is 35.6 Å². The number of aromatic nitrogens is 21. The van der Waals surface area contributed by atoms with E-state index in [1.54, 1.807) is 85.7 Å². The van der Waals surface area contributed by atoms with E-state index >= 15 is 0 Å². The highest BCUT2D eigenvalue weighted by molar-refractivity contribution is 5.96. The number of aromatic hydroxyl groups is 4. The minimum atomic E-state index is -0.254. The van der Waals surface area contributed by atoms with Crippen LogP contribution in [0, 0.1) is 11.7 Å². The Balaban J connectivity index is 0.000000105. The summed E-state index contributed by atoms with van der Waals surface area (Å²) in [6.07, 6.45) is 13.3. The van der Waals surface area contributed by atoms with Crippen molar-refractivity contribution in [2.45, 2.75) is 45.9 Å². The van der Waals surface area contributed by atoms with Gasteiger partial charge in [-0.1, -0.05) is 115 Å². The molecule has 37 nitrogen and oxygen atoms in total. The third-order valence-corrected chi connectivity index (χ3v) is 26.0. The van der Waals surface area contributed by atoms with Crippen molar-refractivity contribution in [3.8, 4) is 79.3 Å². The van der Waals surface area contributed by atoms with E-state index in [4.69, 9.17) is 63.6 Å². The summed E-state index contributed by atoms with van der Waals surface area (Å²) in [4.78, 5) is 99.3. The Morgan fingerprint density at radius 3 is 1.17 bits per heavy atom. The molecule has 1 aliphatic carbocycles. The minimum absolute atomic E-state index is 0.112.